The van der Waals surface area contributed by atoms with Crippen LogP contribution in [0, 0.1) is 32.9 Å². The van der Waals surface area contributed by atoms with E-state index < -0.39 is 0 Å². The molecule has 40 heavy (non-hydrogen) atoms. The topological polar surface area (TPSA) is 38.7 Å². The van der Waals surface area contributed by atoms with Gasteiger partial charge in [-0.3, -0.25) is 9.97 Å². The molecule has 0 bridgehead atoms. The predicted molar refractivity (Wildman–Crippen MR) is 160 cm³/mol. The molecule has 2 aromatic heterocycles. The Morgan fingerprint density at radius 3 is 1.88 bits per heavy atom. The molecule has 0 saturated carbocycles. The fraction of sp³-hybridized carbons (Fsp3) is 0.0833. The van der Waals surface area contributed by atoms with E-state index in [2.05, 4.69) is 88.6 Å². The molecule has 6 rings (SSSR count). The number of nitrogens with zero attached hydrogens (tertiary/aromatic N) is 3. The molecule has 1 radical (unpaired) electrons. The second-order valence-corrected chi connectivity index (χ2v) is 9.35. The smallest absolute Gasteiger partial charge is 0.0751 e. The van der Waals surface area contributed by atoms with Gasteiger partial charge in [0.15, 0.2) is 0 Å². The molecule has 4 aromatic carbocycles. The van der Waals surface area contributed by atoms with Crippen LogP contribution in [0.4, 0.5) is 0 Å². The van der Waals surface area contributed by atoms with E-state index in [0.717, 1.165) is 39.5 Å². The molecule has 0 fully saturated rings. The molecule has 0 saturated heterocycles. The maximum atomic E-state index is 4.54. The SMILES string of the molecule is Cc1cnc(-c2[c-]ccc(-c3ccccc3)c2)nc1C.Cc1cnc(-c2[c-]cccc2)cc1-c1ccccc1.[Ir]. The molecular formula is C36H29IrN3-2. The standard InChI is InChI=1S/C18H15N2.C18H14N.Ir/c1-13-12-19-18(20-14(13)2)17-10-6-9-16(11-17)15-7-4-3-5-8-15;1-14-13-19-18(16-10-6-3-7-11-16)12-17(14)15-8-4-2-5-9-15;/h3-9,11-12H,1-2H3;2-10,12-13H,1H3;/q2*-1;. The zero-order valence-electron chi connectivity index (χ0n) is 22.7. The molecule has 0 atom stereocenters. The van der Waals surface area contributed by atoms with E-state index in [1.54, 1.807) is 0 Å². The Morgan fingerprint density at radius 2 is 1.20 bits per heavy atom. The van der Waals surface area contributed by atoms with Crippen LogP contribution >= 0.6 is 0 Å². The second kappa shape index (κ2) is 13.7. The van der Waals surface area contributed by atoms with Crippen LogP contribution in [-0.4, -0.2) is 15.0 Å². The van der Waals surface area contributed by atoms with Crippen molar-refractivity contribution in [3.8, 4) is 44.9 Å². The summed E-state index contributed by atoms with van der Waals surface area (Å²) < 4.78 is 0. The summed E-state index contributed by atoms with van der Waals surface area (Å²) in [6.45, 7) is 6.11. The fourth-order valence-electron chi connectivity index (χ4n) is 4.22. The van der Waals surface area contributed by atoms with Crippen LogP contribution in [-0.2, 0) is 20.1 Å². The maximum Gasteiger partial charge on any atom is 0.0751 e. The summed E-state index contributed by atoms with van der Waals surface area (Å²) in [5.74, 6) is 0.728. The fourth-order valence-corrected chi connectivity index (χ4v) is 4.22. The molecular weight excluding hydrogens is 667 g/mol. The Bertz CT molecular complexity index is 1670. The first-order valence-corrected chi connectivity index (χ1v) is 13.0. The largest absolute Gasteiger partial charge is 0.304 e. The van der Waals surface area contributed by atoms with Crippen LogP contribution in [0.2, 0.25) is 0 Å². The first-order chi connectivity index (χ1) is 19.1. The molecule has 0 aliphatic rings. The quantitative estimate of drug-likeness (QED) is 0.173. The van der Waals surface area contributed by atoms with E-state index in [-0.39, 0.29) is 20.1 Å². The molecule has 2 heterocycles. The van der Waals surface area contributed by atoms with Crippen molar-refractivity contribution < 1.29 is 20.1 Å². The van der Waals surface area contributed by atoms with Gasteiger partial charge >= 0.3 is 0 Å². The third-order valence-corrected chi connectivity index (χ3v) is 6.55. The van der Waals surface area contributed by atoms with E-state index in [0.29, 0.717) is 0 Å². The maximum absolute atomic E-state index is 4.54. The van der Waals surface area contributed by atoms with Gasteiger partial charge in [0.05, 0.1) is 5.82 Å². The van der Waals surface area contributed by atoms with Crippen molar-refractivity contribution in [2.45, 2.75) is 20.8 Å². The average molecular weight is 696 g/mol. The van der Waals surface area contributed by atoms with Crippen LogP contribution in [0.3, 0.4) is 0 Å². The summed E-state index contributed by atoms with van der Waals surface area (Å²) >= 11 is 0. The Morgan fingerprint density at radius 1 is 0.550 bits per heavy atom. The first-order valence-electron chi connectivity index (χ1n) is 13.0. The van der Waals surface area contributed by atoms with Gasteiger partial charge < -0.3 is 4.98 Å². The van der Waals surface area contributed by atoms with Crippen molar-refractivity contribution in [3.05, 3.63) is 151 Å². The third kappa shape index (κ3) is 7.04. The predicted octanol–water partition coefficient (Wildman–Crippen LogP) is 8.75. The van der Waals surface area contributed by atoms with E-state index in [9.17, 15) is 0 Å². The van der Waals surface area contributed by atoms with Crippen LogP contribution < -0.4 is 0 Å². The van der Waals surface area contributed by atoms with Gasteiger partial charge in [0.1, 0.15) is 0 Å². The minimum absolute atomic E-state index is 0. The van der Waals surface area contributed by atoms with E-state index in [1.165, 1.54) is 22.3 Å². The van der Waals surface area contributed by atoms with Crippen LogP contribution in [0.25, 0.3) is 44.9 Å². The van der Waals surface area contributed by atoms with Gasteiger partial charge in [-0.1, -0.05) is 66.7 Å². The normalized spacial score (nSPS) is 10.2. The van der Waals surface area contributed by atoms with E-state index >= 15 is 0 Å². The van der Waals surface area contributed by atoms with Crippen molar-refractivity contribution in [2.24, 2.45) is 0 Å². The zero-order chi connectivity index (χ0) is 27.0. The van der Waals surface area contributed by atoms with Crippen LogP contribution in [0.5, 0.6) is 0 Å². The molecule has 4 heteroatoms. The Labute approximate surface area is 250 Å². The summed E-state index contributed by atoms with van der Waals surface area (Å²) in [4.78, 5) is 13.4. The van der Waals surface area contributed by atoms with Gasteiger partial charge in [-0.25, -0.2) is 0 Å². The van der Waals surface area contributed by atoms with Gasteiger partial charge in [-0.05, 0) is 54.3 Å². The molecule has 0 aliphatic heterocycles. The number of rotatable bonds is 4. The minimum atomic E-state index is 0. The number of aromatic nitrogens is 3. The minimum Gasteiger partial charge on any atom is -0.304 e. The molecule has 0 amide bonds. The molecule has 199 valence electrons. The van der Waals surface area contributed by atoms with Crippen molar-refractivity contribution in [2.75, 3.05) is 0 Å². The summed E-state index contributed by atoms with van der Waals surface area (Å²) in [5, 5.41) is 0. The number of benzene rings is 4. The van der Waals surface area contributed by atoms with Crippen molar-refractivity contribution in [1.82, 2.24) is 15.0 Å². The monoisotopic (exact) mass is 696 g/mol. The van der Waals surface area contributed by atoms with Gasteiger partial charge in [0.25, 0.3) is 0 Å². The second-order valence-electron chi connectivity index (χ2n) is 9.35. The summed E-state index contributed by atoms with van der Waals surface area (Å²) in [6.07, 6.45) is 3.79. The van der Waals surface area contributed by atoms with Gasteiger partial charge in [-0.15, -0.1) is 71.3 Å². The Balaban J connectivity index is 0.000000181. The van der Waals surface area contributed by atoms with E-state index in [1.807, 2.05) is 80.8 Å². The van der Waals surface area contributed by atoms with Crippen molar-refractivity contribution >= 4 is 0 Å². The van der Waals surface area contributed by atoms with Gasteiger partial charge in [-0.2, -0.15) is 0 Å². The summed E-state index contributed by atoms with van der Waals surface area (Å²) in [5.41, 5.74) is 11.0. The molecule has 0 aliphatic carbocycles. The number of pyridine rings is 1. The molecule has 0 spiro atoms. The molecule has 0 unspecified atom stereocenters. The number of hydrogen-bond acceptors (Lipinski definition) is 3. The van der Waals surface area contributed by atoms with Gasteiger partial charge in [0, 0.05) is 38.2 Å². The van der Waals surface area contributed by atoms with Crippen LogP contribution in [0.1, 0.15) is 16.8 Å². The average Bonchev–Trinajstić information content (AvgIpc) is 3.00. The Kier molecular flexibility index (Phi) is 9.86. The third-order valence-electron chi connectivity index (χ3n) is 6.55. The van der Waals surface area contributed by atoms with Crippen molar-refractivity contribution in [3.63, 3.8) is 0 Å². The van der Waals surface area contributed by atoms with Gasteiger partial charge in [0.2, 0.25) is 0 Å². The first kappa shape index (κ1) is 28.8. The molecule has 0 N–H and O–H groups in total. The zero-order valence-corrected chi connectivity index (χ0v) is 25.1. The molecule has 6 aromatic rings. The summed E-state index contributed by atoms with van der Waals surface area (Å²) in [6, 6.07) is 43.3. The number of aryl methyl sites for hydroxylation is 3. The number of hydrogen-bond donors (Lipinski definition) is 0. The molecule has 3 nitrogen and oxygen atoms in total. The van der Waals surface area contributed by atoms with Crippen LogP contribution in [0.15, 0.2) is 122 Å². The Hall–Kier alpha value is -4.24. The van der Waals surface area contributed by atoms with E-state index in [4.69, 9.17) is 0 Å². The summed E-state index contributed by atoms with van der Waals surface area (Å²) in [7, 11) is 0. The van der Waals surface area contributed by atoms with Crippen molar-refractivity contribution in [1.29, 1.82) is 0 Å².